The van der Waals surface area contributed by atoms with Gasteiger partial charge in [-0.1, -0.05) is 36.7 Å². The first-order chi connectivity index (χ1) is 10.0. The molecule has 0 aliphatic rings. The van der Waals surface area contributed by atoms with Crippen molar-refractivity contribution >= 4 is 15.9 Å². The Labute approximate surface area is 134 Å². The normalized spacial score (nSPS) is 12.5. The molecule has 0 radical (unpaired) electrons. The number of benzene rings is 1. The van der Waals surface area contributed by atoms with Crippen molar-refractivity contribution in [2.24, 2.45) is 5.73 Å². The first-order valence-electron chi connectivity index (χ1n) is 7.20. The van der Waals surface area contributed by atoms with E-state index in [1.54, 1.807) is 6.20 Å². The maximum absolute atomic E-state index is 5.97. The van der Waals surface area contributed by atoms with E-state index in [2.05, 4.69) is 40.8 Å². The van der Waals surface area contributed by atoms with Crippen molar-refractivity contribution in [2.45, 2.75) is 39.2 Å². The lowest BCUT2D eigenvalue weighted by Gasteiger charge is -2.15. The van der Waals surface area contributed by atoms with Gasteiger partial charge in [-0.25, -0.2) is 0 Å². The Morgan fingerprint density at radius 3 is 2.57 bits per heavy atom. The molecule has 0 saturated heterocycles. The number of rotatable bonds is 5. The van der Waals surface area contributed by atoms with Gasteiger partial charge in [0.2, 0.25) is 0 Å². The SMILES string of the molecule is CC[C@H](N)c1ccc(Oc2ccc(Br)cc2C(C)C)cn1. The van der Waals surface area contributed by atoms with E-state index >= 15 is 0 Å². The molecule has 0 aliphatic carbocycles. The molecular formula is C17H21BrN2O. The molecule has 3 nitrogen and oxygen atoms in total. The Morgan fingerprint density at radius 2 is 2.00 bits per heavy atom. The van der Waals surface area contributed by atoms with E-state index in [0.29, 0.717) is 5.92 Å². The molecule has 4 heteroatoms. The molecule has 0 aliphatic heterocycles. The lowest BCUT2D eigenvalue weighted by Crippen LogP contribution is -2.10. The van der Waals surface area contributed by atoms with Crippen LogP contribution in [0, 0.1) is 0 Å². The molecule has 2 N–H and O–H groups in total. The highest BCUT2D eigenvalue weighted by atomic mass is 79.9. The molecule has 0 unspecified atom stereocenters. The number of hydrogen-bond acceptors (Lipinski definition) is 3. The van der Waals surface area contributed by atoms with E-state index in [1.165, 1.54) is 5.56 Å². The van der Waals surface area contributed by atoms with Crippen LogP contribution in [0.5, 0.6) is 11.5 Å². The van der Waals surface area contributed by atoms with Crippen molar-refractivity contribution in [3.63, 3.8) is 0 Å². The van der Waals surface area contributed by atoms with Gasteiger partial charge in [0.25, 0.3) is 0 Å². The van der Waals surface area contributed by atoms with E-state index in [-0.39, 0.29) is 6.04 Å². The average Bonchev–Trinajstić information content (AvgIpc) is 2.49. The van der Waals surface area contributed by atoms with Gasteiger partial charge < -0.3 is 10.5 Å². The molecule has 0 fully saturated rings. The van der Waals surface area contributed by atoms with Gasteiger partial charge in [-0.2, -0.15) is 0 Å². The molecule has 0 saturated carbocycles. The predicted octanol–water partition coefficient (Wildman–Crippen LogP) is 5.17. The lowest BCUT2D eigenvalue weighted by atomic mass is 10.0. The van der Waals surface area contributed by atoms with Gasteiger partial charge in [0.05, 0.1) is 11.9 Å². The average molecular weight is 349 g/mol. The van der Waals surface area contributed by atoms with Crippen LogP contribution >= 0.6 is 15.9 Å². The van der Waals surface area contributed by atoms with Crippen LogP contribution < -0.4 is 10.5 Å². The second kappa shape index (κ2) is 7.05. The zero-order valence-corrected chi connectivity index (χ0v) is 14.2. The number of aromatic nitrogens is 1. The van der Waals surface area contributed by atoms with Crippen LogP contribution in [-0.2, 0) is 0 Å². The largest absolute Gasteiger partial charge is 0.455 e. The van der Waals surface area contributed by atoms with Crippen molar-refractivity contribution in [1.82, 2.24) is 4.98 Å². The quantitative estimate of drug-likeness (QED) is 0.810. The standard InChI is InChI=1S/C17H21BrN2O/c1-4-15(19)16-7-6-13(10-20-16)21-17-8-5-12(18)9-14(17)11(2)3/h5-11,15H,4,19H2,1-3H3/t15-/m0/s1. The van der Waals surface area contributed by atoms with Gasteiger partial charge in [-0.15, -0.1) is 0 Å². The van der Waals surface area contributed by atoms with Crippen LogP contribution in [0.4, 0.5) is 0 Å². The van der Waals surface area contributed by atoms with Gasteiger partial charge in [0, 0.05) is 10.5 Å². The van der Waals surface area contributed by atoms with Gasteiger partial charge in [-0.3, -0.25) is 4.98 Å². The summed E-state index contributed by atoms with van der Waals surface area (Å²) in [6.45, 7) is 6.35. The van der Waals surface area contributed by atoms with Crippen LogP contribution in [0.25, 0.3) is 0 Å². The summed E-state index contributed by atoms with van der Waals surface area (Å²) in [4.78, 5) is 4.38. The minimum Gasteiger partial charge on any atom is -0.455 e. The van der Waals surface area contributed by atoms with Gasteiger partial charge in [0.15, 0.2) is 0 Å². The fourth-order valence-corrected chi connectivity index (χ4v) is 2.45. The number of pyridine rings is 1. The number of ether oxygens (including phenoxy) is 1. The van der Waals surface area contributed by atoms with Crippen LogP contribution in [0.2, 0.25) is 0 Å². The molecule has 112 valence electrons. The third-order valence-corrected chi connectivity index (χ3v) is 3.89. The summed E-state index contributed by atoms with van der Waals surface area (Å²) in [6.07, 6.45) is 2.61. The minimum atomic E-state index is -0.0158. The number of nitrogens with zero attached hydrogens (tertiary/aromatic N) is 1. The molecular weight excluding hydrogens is 328 g/mol. The summed E-state index contributed by atoms with van der Waals surface area (Å²) < 4.78 is 7.03. The fourth-order valence-electron chi connectivity index (χ4n) is 2.07. The Kier molecular flexibility index (Phi) is 5.37. The molecule has 21 heavy (non-hydrogen) atoms. The van der Waals surface area contributed by atoms with E-state index in [1.807, 2.05) is 31.2 Å². The van der Waals surface area contributed by atoms with Crippen molar-refractivity contribution in [3.8, 4) is 11.5 Å². The second-order valence-electron chi connectivity index (χ2n) is 5.37. The van der Waals surface area contributed by atoms with Crippen molar-refractivity contribution in [1.29, 1.82) is 0 Å². The maximum atomic E-state index is 5.97. The zero-order valence-electron chi connectivity index (χ0n) is 12.6. The molecule has 2 rings (SSSR count). The third-order valence-electron chi connectivity index (χ3n) is 3.40. The summed E-state index contributed by atoms with van der Waals surface area (Å²) >= 11 is 3.50. The number of hydrogen-bond donors (Lipinski definition) is 1. The van der Waals surface area contributed by atoms with Crippen LogP contribution in [0.15, 0.2) is 41.0 Å². The van der Waals surface area contributed by atoms with Crippen LogP contribution in [0.3, 0.4) is 0 Å². The molecule has 0 bridgehead atoms. The summed E-state index contributed by atoms with van der Waals surface area (Å²) in [5.41, 5.74) is 8.03. The Balaban J connectivity index is 2.22. The predicted molar refractivity (Wildman–Crippen MR) is 89.8 cm³/mol. The van der Waals surface area contributed by atoms with E-state index in [0.717, 1.165) is 28.1 Å². The van der Waals surface area contributed by atoms with Gasteiger partial charge >= 0.3 is 0 Å². The van der Waals surface area contributed by atoms with Crippen molar-refractivity contribution < 1.29 is 4.74 Å². The van der Waals surface area contributed by atoms with Gasteiger partial charge in [0.1, 0.15) is 11.5 Å². The molecule has 2 aromatic rings. The maximum Gasteiger partial charge on any atom is 0.145 e. The smallest absolute Gasteiger partial charge is 0.145 e. The third kappa shape index (κ3) is 4.05. The molecule has 0 spiro atoms. The summed E-state index contributed by atoms with van der Waals surface area (Å²) in [5.74, 6) is 1.98. The van der Waals surface area contributed by atoms with Crippen molar-refractivity contribution in [3.05, 3.63) is 52.3 Å². The van der Waals surface area contributed by atoms with E-state index in [4.69, 9.17) is 10.5 Å². The monoisotopic (exact) mass is 348 g/mol. The first-order valence-corrected chi connectivity index (χ1v) is 7.99. The summed E-state index contributed by atoms with van der Waals surface area (Å²) in [7, 11) is 0. The summed E-state index contributed by atoms with van der Waals surface area (Å²) in [6, 6.07) is 9.88. The van der Waals surface area contributed by atoms with Crippen LogP contribution in [0.1, 0.15) is 50.4 Å². The Morgan fingerprint density at radius 1 is 1.24 bits per heavy atom. The van der Waals surface area contributed by atoms with E-state index in [9.17, 15) is 0 Å². The van der Waals surface area contributed by atoms with Gasteiger partial charge in [-0.05, 0) is 48.2 Å². The van der Waals surface area contributed by atoms with Crippen molar-refractivity contribution in [2.75, 3.05) is 0 Å². The summed E-state index contributed by atoms with van der Waals surface area (Å²) in [5, 5.41) is 0. The first kappa shape index (κ1) is 16.0. The highest BCUT2D eigenvalue weighted by Crippen LogP contribution is 2.32. The molecule has 1 atom stereocenters. The topological polar surface area (TPSA) is 48.1 Å². The Bertz CT molecular complexity index is 596. The lowest BCUT2D eigenvalue weighted by molar-refractivity contribution is 0.469. The molecule has 1 heterocycles. The number of nitrogens with two attached hydrogens (primary N) is 1. The molecule has 0 amide bonds. The van der Waals surface area contributed by atoms with Crippen LogP contribution in [-0.4, -0.2) is 4.98 Å². The van der Waals surface area contributed by atoms with E-state index < -0.39 is 0 Å². The molecule has 1 aromatic carbocycles. The fraction of sp³-hybridized carbons (Fsp3) is 0.353. The minimum absolute atomic E-state index is 0.0158. The zero-order chi connectivity index (χ0) is 15.4. The highest BCUT2D eigenvalue weighted by molar-refractivity contribution is 9.10. The second-order valence-corrected chi connectivity index (χ2v) is 6.29. The molecule has 1 aromatic heterocycles. The Hall–Kier alpha value is -1.39. The highest BCUT2D eigenvalue weighted by Gasteiger charge is 2.10. The number of halogens is 1.